The molecule has 0 N–H and O–H groups in total. The first-order valence-electron chi connectivity index (χ1n) is 6.33. The zero-order chi connectivity index (χ0) is 15.2. The van der Waals surface area contributed by atoms with Gasteiger partial charge in [-0.3, -0.25) is 0 Å². The third-order valence-electron chi connectivity index (χ3n) is 1.96. The molecule has 1 aromatic rings. The molecule has 0 radical (unpaired) electrons. The minimum absolute atomic E-state index is 0.298. The summed E-state index contributed by atoms with van der Waals surface area (Å²) in [4.78, 5) is 21.3. The lowest BCUT2D eigenvalue weighted by Gasteiger charge is -1.95. The van der Waals surface area contributed by atoms with Gasteiger partial charge in [-0.1, -0.05) is 43.0 Å². The van der Waals surface area contributed by atoms with Crippen LogP contribution < -0.4 is 0 Å². The van der Waals surface area contributed by atoms with Crippen LogP contribution in [0.1, 0.15) is 19.4 Å². The fourth-order valence-electron chi connectivity index (χ4n) is 1.11. The third kappa shape index (κ3) is 9.65. The second kappa shape index (κ2) is 11.7. The maximum absolute atomic E-state index is 10.6. The SMILES string of the molecule is C=Cc1ccccc1.CCOC(=O)/C=C\C(=O)OCC. The maximum atomic E-state index is 10.6. The van der Waals surface area contributed by atoms with Crippen molar-refractivity contribution in [3.8, 4) is 0 Å². The fourth-order valence-corrected chi connectivity index (χ4v) is 1.11. The summed E-state index contributed by atoms with van der Waals surface area (Å²) in [6, 6.07) is 10.0. The van der Waals surface area contributed by atoms with Crippen molar-refractivity contribution < 1.29 is 19.1 Å². The molecule has 0 spiro atoms. The highest BCUT2D eigenvalue weighted by molar-refractivity contribution is 5.91. The van der Waals surface area contributed by atoms with Crippen LogP contribution in [0.25, 0.3) is 6.08 Å². The second-order valence-corrected chi connectivity index (χ2v) is 3.45. The molecule has 0 saturated carbocycles. The highest BCUT2D eigenvalue weighted by Crippen LogP contribution is 1.97. The molecule has 0 heterocycles. The molecule has 4 heteroatoms. The van der Waals surface area contributed by atoms with Crippen LogP contribution in [-0.2, 0) is 19.1 Å². The van der Waals surface area contributed by atoms with Gasteiger partial charge in [0.25, 0.3) is 0 Å². The van der Waals surface area contributed by atoms with Crippen LogP contribution in [0.3, 0.4) is 0 Å². The fraction of sp³-hybridized carbons (Fsp3) is 0.250. The van der Waals surface area contributed by atoms with Gasteiger partial charge in [-0.25, -0.2) is 9.59 Å². The molecule has 0 aromatic heterocycles. The van der Waals surface area contributed by atoms with Gasteiger partial charge in [0, 0.05) is 12.2 Å². The van der Waals surface area contributed by atoms with Crippen molar-refractivity contribution in [3.63, 3.8) is 0 Å². The molecule has 1 aromatic carbocycles. The van der Waals surface area contributed by atoms with Gasteiger partial charge < -0.3 is 9.47 Å². The second-order valence-electron chi connectivity index (χ2n) is 3.45. The first-order valence-corrected chi connectivity index (χ1v) is 6.33. The lowest BCUT2D eigenvalue weighted by Crippen LogP contribution is -2.03. The van der Waals surface area contributed by atoms with Gasteiger partial charge in [0.2, 0.25) is 0 Å². The molecule has 0 fully saturated rings. The normalized spacial score (nSPS) is 9.30. The number of esters is 2. The van der Waals surface area contributed by atoms with Gasteiger partial charge in [-0.2, -0.15) is 0 Å². The molecular formula is C16H20O4. The van der Waals surface area contributed by atoms with E-state index in [-0.39, 0.29) is 0 Å². The summed E-state index contributed by atoms with van der Waals surface area (Å²) in [5.41, 5.74) is 1.17. The van der Waals surface area contributed by atoms with Crippen LogP contribution in [0.4, 0.5) is 0 Å². The highest BCUT2D eigenvalue weighted by atomic mass is 16.5. The molecule has 0 amide bonds. The number of benzene rings is 1. The van der Waals surface area contributed by atoms with Crippen molar-refractivity contribution in [1.29, 1.82) is 0 Å². The Labute approximate surface area is 119 Å². The van der Waals surface area contributed by atoms with Gasteiger partial charge in [-0.05, 0) is 19.4 Å². The van der Waals surface area contributed by atoms with Gasteiger partial charge in [-0.15, -0.1) is 0 Å². The predicted octanol–water partition coefficient (Wildman–Crippen LogP) is 3.00. The van der Waals surface area contributed by atoms with E-state index >= 15 is 0 Å². The molecule has 0 bridgehead atoms. The average Bonchev–Trinajstić information content (AvgIpc) is 2.47. The first kappa shape index (κ1) is 17.6. The van der Waals surface area contributed by atoms with E-state index in [0.29, 0.717) is 13.2 Å². The minimum Gasteiger partial charge on any atom is -0.463 e. The molecule has 20 heavy (non-hydrogen) atoms. The Morgan fingerprint density at radius 2 is 1.45 bits per heavy atom. The van der Waals surface area contributed by atoms with Gasteiger partial charge in [0.15, 0.2) is 0 Å². The van der Waals surface area contributed by atoms with Crippen LogP contribution in [0, 0.1) is 0 Å². The largest absolute Gasteiger partial charge is 0.463 e. The summed E-state index contributed by atoms with van der Waals surface area (Å²) in [5.74, 6) is -1.07. The Morgan fingerprint density at radius 1 is 1.00 bits per heavy atom. The summed E-state index contributed by atoms with van der Waals surface area (Å²) in [7, 11) is 0. The zero-order valence-electron chi connectivity index (χ0n) is 11.9. The summed E-state index contributed by atoms with van der Waals surface area (Å²) in [5, 5.41) is 0. The van der Waals surface area contributed by atoms with Gasteiger partial charge in [0.05, 0.1) is 13.2 Å². The number of hydrogen-bond acceptors (Lipinski definition) is 4. The van der Waals surface area contributed by atoms with E-state index in [0.717, 1.165) is 12.2 Å². The lowest BCUT2D eigenvalue weighted by atomic mass is 10.2. The molecule has 0 atom stereocenters. The van der Waals surface area contributed by atoms with Crippen molar-refractivity contribution in [3.05, 3.63) is 54.6 Å². The Hall–Kier alpha value is -2.36. The molecule has 0 unspecified atom stereocenters. The van der Waals surface area contributed by atoms with E-state index in [4.69, 9.17) is 0 Å². The molecule has 0 aliphatic rings. The minimum atomic E-state index is -0.537. The van der Waals surface area contributed by atoms with Crippen LogP contribution >= 0.6 is 0 Å². The number of hydrogen-bond donors (Lipinski definition) is 0. The Balaban J connectivity index is 0.000000388. The van der Waals surface area contributed by atoms with Crippen molar-refractivity contribution in [2.24, 2.45) is 0 Å². The monoisotopic (exact) mass is 276 g/mol. The quantitative estimate of drug-likeness (QED) is 0.613. The van der Waals surface area contributed by atoms with Gasteiger partial charge in [0.1, 0.15) is 0 Å². The molecule has 0 aliphatic carbocycles. The maximum Gasteiger partial charge on any atom is 0.330 e. The van der Waals surface area contributed by atoms with Crippen molar-refractivity contribution in [2.45, 2.75) is 13.8 Å². The Bertz CT molecular complexity index is 415. The van der Waals surface area contributed by atoms with Crippen molar-refractivity contribution in [2.75, 3.05) is 13.2 Å². The molecule has 1 rings (SSSR count). The summed E-state index contributed by atoms with van der Waals surface area (Å²) >= 11 is 0. The lowest BCUT2D eigenvalue weighted by molar-refractivity contribution is -0.140. The van der Waals surface area contributed by atoms with Crippen molar-refractivity contribution in [1.82, 2.24) is 0 Å². The van der Waals surface area contributed by atoms with Crippen molar-refractivity contribution >= 4 is 18.0 Å². The molecule has 108 valence electrons. The van der Waals surface area contributed by atoms with E-state index < -0.39 is 11.9 Å². The third-order valence-corrected chi connectivity index (χ3v) is 1.96. The summed E-state index contributed by atoms with van der Waals surface area (Å²) in [6.07, 6.45) is 3.92. The smallest absolute Gasteiger partial charge is 0.330 e. The number of carbonyl (C=O) groups is 2. The van der Waals surface area contributed by atoms with Crippen LogP contribution in [0.5, 0.6) is 0 Å². The Morgan fingerprint density at radius 3 is 1.75 bits per heavy atom. The predicted molar refractivity (Wildman–Crippen MR) is 78.9 cm³/mol. The van der Waals surface area contributed by atoms with E-state index in [1.165, 1.54) is 5.56 Å². The van der Waals surface area contributed by atoms with Crippen LogP contribution in [0.2, 0.25) is 0 Å². The molecule has 0 aliphatic heterocycles. The highest BCUT2D eigenvalue weighted by Gasteiger charge is 1.97. The first-order chi connectivity index (χ1) is 9.63. The van der Waals surface area contributed by atoms with Crippen LogP contribution in [0.15, 0.2) is 49.1 Å². The topological polar surface area (TPSA) is 52.6 Å². The zero-order valence-corrected chi connectivity index (χ0v) is 11.9. The molecular weight excluding hydrogens is 256 g/mol. The standard InChI is InChI=1S/C8H12O4.C8H8/c1-3-11-7(9)5-6-8(10)12-4-2;1-2-8-6-4-3-5-7-8/h5-6H,3-4H2,1-2H3;2-7H,1H2/b6-5-;. The van der Waals surface area contributed by atoms with E-state index in [2.05, 4.69) is 16.1 Å². The number of ether oxygens (including phenoxy) is 2. The summed E-state index contributed by atoms with van der Waals surface area (Å²) < 4.78 is 9.07. The van der Waals surface area contributed by atoms with E-state index in [1.807, 2.05) is 36.4 Å². The van der Waals surface area contributed by atoms with E-state index in [9.17, 15) is 9.59 Å². The number of carbonyl (C=O) groups excluding carboxylic acids is 2. The average molecular weight is 276 g/mol. The van der Waals surface area contributed by atoms with Gasteiger partial charge >= 0.3 is 11.9 Å². The molecule has 4 nitrogen and oxygen atoms in total. The van der Waals surface area contributed by atoms with E-state index in [1.54, 1.807) is 13.8 Å². The number of rotatable bonds is 5. The summed E-state index contributed by atoms with van der Waals surface area (Å²) in [6.45, 7) is 7.61. The van der Waals surface area contributed by atoms with Crippen LogP contribution in [-0.4, -0.2) is 25.2 Å². The molecule has 0 saturated heterocycles. The Kier molecular flexibility index (Phi) is 10.3.